The summed E-state index contributed by atoms with van der Waals surface area (Å²) in [7, 11) is 3.59. The van der Waals surface area contributed by atoms with E-state index in [4.69, 9.17) is 0 Å². The summed E-state index contributed by atoms with van der Waals surface area (Å²) in [4.78, 5) is 13.8. The van der Waals surface area contributed by atoms with Gasteiger partial charge in [0, 0.05) is 18.6 Å². The molecular weight excluding hydrogens is 268 g/mol. The monoisotopic (exact) mass is 290 g/mol. The second-order valence-corrected chi connectivity index (χ2v) is 6.06. The second kappa shape index (κ2) is 5.97. The molecule has 1 aromatic rings. The molecule has 2 saturated heterocycles. The molecule has 0 radical (unpaired) electrons. The zero-order valence-corrected chi connectivity index (χ0v) is 12.6. The molecule has 2 aliphatic rings. The van der Waals surface area contributed by atoms with Gasteiger partial charge in [0.15, 0.2) is 5.69 Å². The van der Waals surface area contributed by atoms with Crippen LogP contribution in [-0.4, -0.2) is 53.9 Å². The second-order valence-electron chi connectivity index (χ2n) is 6.06. The Balaban J connectivity index is 1.53. The Morgan fingerprint density at radius 3 is 2.62 bits per heavy atom. The Hall–Kier alpha value is -1.69. The number of rotatable bonds is 4. The van der Waals surface area contributed by atoms with Crippen molar-refractivity contribution >= 4 is 11.8 Å². The molecule has 2 atom stereocenters. The standard InChI is InChI=1S/C15H22N4O2/c1-19-11-3-4-12(19)8-10(7-11)9-16-14-6-5-13(17-18-14)15(20)21-2/h5-6,10-12H,3-4,7-9H2,1-2H3,(H,16,18). The highest BCUT2D eigenvalue weighted by Crippen LogP contribution is 2.37. The van der Waals surface area contributed by atoms with Crippen LogP contribution in [0.5, 0.6) is 0 Å². The fourth-order valence-corrected chi connectivity index (χ4v) is 3.58. The fourth-order valence-electron chi connectivity index (χ4n) is 3.58. The summed E-state index contributed by atoms with van der Waals surface area (Å²) in [6, 6.07) is 4.93. The average Bonchev–Trinajstić information content (AvgIpc) is 2.75. The highest BCUT2D eigenvalue weighted by atomic mass is 16.5. The number of anilines is 1. The molecule has 1 aromatic heterocycles. The minimum atomic E-state index is -0.457. The molecule has 6 heteroatoms. The highest BCUT2D eigenvalue weighted by molar-refractivity contribution is 5.86. The third kappa shape index (κ3) is 3.00. The van der Waals surface area contributed by atoms with E-state index in [1.165, 1.54) is 32.8 Å². The molecule has 0 amide bonds. The molecular formula is C15H22N4O2. The van der Waals surface area contributed by atoms with E-state index < -0.39 is 5.97 Å². The molecule has 0 spiro atoms. The number of nitrogens with zero attached hydrogens (tertiary/aromatic N) is 3. The van der Waals surface area contributed by atoms with Gasteiger partial charge >= 0.3 is 5.97 Å². The van der Waals surface area contributed by atoms with Crippen LogP contribution < -0.4 is 5.32 Å². The van der Waals surface area contributed by atoms with Gasteiger partial charge in [-0.15, -0.1) is 10.2 Å². The molecule has 0 aromatic carbocycles. The number of aromatic nitrogens is 2. The number of fused-ring (bicyclic) bond motifs is 2. The molecule has 3 heterocycles. The van der Waals surface area contributed by atoms with Gasteiger partial charge in [-0.2, -0.15) is 0 Å². The predicted octanol–water partition coefficient (Wildman–Crippen LogP) is 1.55. The van der Waals surface area contributed by atoms with Gasteiger partial charge in [-0.3, -0.25) is 0 Å². The van der Waals surface area contributed by atoms with Crippen molar-refractivity contribution in [2.75, 3.05) is 26.0 Å². The number of hydrogen-bond donors (Lipinski definition) is 1. The molecule has 1 N–H and O–H groups in total. The van der Waals surface area contributed by atoms with Gasteiger partial charge < -0.3 is 15.0 Å². The Kier molecular flexibility index (Phi) is 4.05. The lowest BCUT2D eigenvalue weighted by Gasteiger charge is -2.36. The van der Waals surface area contributed by atoms with Crippen LogP contribution in [0, 0.1) is 5.92 Å². The van der Waals surface area contributed by atoms with E-state index in [1.54, 1.807) is 12.1 Å². The number of carbonyl (C=O) groups is 1. The molecule has 0 saturated carbocycles. The van der Waals surface area contributed by atoms with Gasteiger partial charge in [0.25, 0.3) is 0 Å². The number of ether oxygens (including phenoxy) is 1. The molecule has 2 fully saturated rings. The Bertz CT molecular complexity index is 491. The van der Waals surface area contributed by atoms with Crippen LogP contribution in [-0.2, 0) is 4.74 Å². The summed E-state index contributed by atoms with van der Waals surface area (Å²) in [5, 5.41) is 11.2. The van der Waals surface area contributed by atoms with Crippen LogP contribution in [0.15, 0.2) is 12.1 Å². The summed E-state index contributed by atoms with van der Waals surface area (Å²) in [6.07, 6.45) is 5.19. The quantitative estimate of drug-likeness (QED) is 0.849. The van der Waals surface area contributed by atoms with Crippen molar-refractivity contribution in [1.82, 2.24) is 15.1 Å². The Labute approximate surface area is 124 Å². The third-order valence-electron chi connectivity index (χ3n) is 4.83. The average molecular weight is 290 g/mol. The van der Waals surface area contributed by atoms with Crippen LogP contribution in [0.25, 0.3) is 0 Å². The maximum atomic E-state index is 11.3. The molecule has 2 unspecified atom stereocenters. The summed E-state index contributed by atoms with van der Waals surface area (Å²) in [5.74, 6) is 0.954. The van der Waals surface area contributed by atoms with Gasteiger partial charge in [-0.1, -0.05) is 0 Å². The highest BCUT2D eigenvalue weighted by Gasteiger charge is 2.38. The van der Waals surface area contributed by atoms with Gasteiger partial charge in [-0.25, -0.2) is 4.79 Å². The lowest BCUT2D eigenvalue weighted by molar-refractivity contribution is 0.0592. The van der Waals surface area contributed by atoms with Crippen molar-refractivity contribution in [2.24, 2.45) is 5.92 Å². The normalized spacial score (nSPS) is 28.4. The van der Waals surface area contributed by atoms with E-state index >= 15 is 0 Å². The van der Waals surface area contributed by atoms with Crippen LogP contribution in [0.1, 0.15) is 36.2 Å². The van der Waals surface area contributed by atoms with Crippen LogP contribution >= 0.6 is 0 Å². The largest absolute Gasteiger partial charge is 0.464 e. The van der Waals surface area contributed by atoms with Crippen molar-refractivity contribution in [3.63, 3.8) is 0 Å². The topological polar surface area (TPSA) is 67.3 Å². The number of nitrogens with one attached hydrogen (secondary N) is 1. The molecule has 21 heavy (non-hydrogen) atoms. The summed E-state index contributed by atoms with van der Waals surface area (Å²) in [5.41, 5.74) is 0.236. The maximum absolute atomic E-state index is 11.3. The first-order valence-corrected chi connectivity index (χ1v) is 7.55. The van der Waals surface area contributed by atoms with Gasteiger partial charge in [0.2, 0.25) is 0 Å². The number of esters is 1. The van der Waals surface area contributed by atoms with Crippen molar-refractivity contribution < 1.29 is 9.53 Å². The smallest absolute Gasteiger partial charge is 0.358 e. The zero-order chi connectivity index (χ0) is 14.8. The maximum Gasteiger partial charge on any atom is 0.358 e. The van der Waals surface area contributed by atoms with E-state index in [1.807, 2.05) is 0 Å². The number of methoxy groups -OCH3 is 1. The number of hydrogen-bond acceptors (Lipinski definition) is 6. The third-order valence-corrected chi connectivity index (χ3v) is 4.83. The lowest BCUT2D eigenvalue weighted by Crippen LogP contribution is -2.41. The minimum absolute atomic E-state index is 0.236. The molecule has 114 valence electrons. The number of carbonyl (C=O) groups excluding carboxylic acids is 1. The van der Waals surface area contributed by atoms with E-state index in [9.17, 15) is 4.79 Å². The van der Waals surface area contributed by atoms with Gasteiger partial charge in [0.1, 0.15) is 5.82 Å². The molecule has 6 nitrogen and oxygen atoms in total. The minimum Gasteiger partial charge on any atom is -0.464 e. The first kappa shape index (κ1) is 14.3. The van der Waals surface area contributed by atoms with Crippen molar-refractivity contribution in [3.8, 4) is 0 Å². The van der Waals surface area contributed by atoms with Crippen LogP contribution in [0.3, 0.4) is 0 Å². The van der Waals surface area contributed by atoms with Crippen molar-refractivity contribution in [2.45, 2.75) is 37.8 Å². The van der Waals surface area contributed by atoms with Gasteiger partial charge in [0.05, 0.1) is 7.11 Å². The Morgan fingerprint density at radius 1 is 1.33 bits per heavy atom. The summed E-state index contributed by atoms with van der Waals surface area (Å²) >= 11 is 0. The molecule has 3 rings (SSSR count). The summed E-state index contributed by atoms with van der Waals surface area (Å²) < 4.78 is 4.61. The Morgan fingerprint density at radius 2 is 2.05 bits per heavy atom. The fraction of sp³-hybridized carbons (Fsp3) is 0.667. The zero-order valence-electron chi connectivity index (χ0n) is 12.6. The van der Waals surface area contributed by atoms with E-state index in [2.05, 4.69) is 32.2 Å². The molecule has 2 aliphatic heterocycles. The van der Waals surface area contributed by atoms with E-state index in [-0.39, 0.29) is 5.69 Å². The SMILES string of the molecule is COC(=O)c1ccc(NCC2CC3CCC(C2)N3C)nn1. The van der Waals surface area contributed by atoms with Crippen molar-refractivity contribution in [1.29, 1.82) is 0 Å². The van der Waals surface area contributed by atoms with E-state index in [0.29, 0.717) is 11.7 Å². The summed E-state index contributed by atoms with van der Waals surface area (Å²) in [6.45, 7) is 0.924. The molecule has 0 aliphatic carbocycles. The van der Waals surface area contributed by atoms with E-state index in [0.717, 1.165) is 18.6 Å². The van der Waals surface area contributed by atoms with Crippen LogP contribution in [0.4, 0.5) is 5.82 Å². The van der Waals surface area contributed by atoms with Gasteiger partial charge in [-0.05, 0) is 50.8 Å². The molecule has 2 bridgehead atoms. The first-order chi connectivity index (χ1) is 10.2. The first-order valence-electron chi connectivity index (χ1n) is 7.55. The lowest BCUT2D eigenvalue weighted by atomic mass is 9.91. The predicted molar refractivity (Wildman–Crippen MR) is 79.2 cm³/mol. The van der Waals surface area contributed by atoms with Crippen LogP contribution in [0.2, 0.25) is 0 Å². The van der Waals surface area contributed by atoms with Crippen molar-refractivity contribution in [3.05, 3.63) is 17.8 Å². The number of piperidine rings is 1.